The zero-order valence-corrected chi connectivity index (χ0v) is 17.0. The number of amides is 1. The molecule has 0 bridgehead atoms. The summed E-state index contributed by atoms with van der Waals surface area (Å²) in [5.41, 5.74) is 4.45. The number of carbonyl (C=O) groups is 1. The Morgan fingerprint density at radius 1 is 1.44 bits per heavy atom. The van der Waals surface area contributed by atoms with Crippen LogP contribution in [0, 0.1) is 6.92 Å². The van der Waals surface area contributed by atoms with Crippen LogP contribution >= 0.6 is 27.3 Å². The third kappa shape index (κ3) is 3.65. The molecule has 0 spiro atoms. The molecule has 0 fully saturated rings. The van der Waals surface area contributed by atoms with Crippen LogP contribution in [0.15, 0.2) is 45.5 Å². The minimum atomic E-state index is -0.661. The minimum absolute atomic E-state index is 0.257. The van der Waals surface area contributed by atoms with E-state index in [4.69, 9.17) is 4.84 Å². The van der Waals surface area contributed by atoms with Crippen LogP contribution in [0.5, 0.6) is 0 Å². The molecule has 1 aromatic carbocycles. The molecule has 3 aromatic rings. The smallest absolute Gasteiger partial charge is 0.270 e. The third-order valence-electron chi connectivity index (χ3n) is 4.36. The number of halogens is 1. The second-order valence-electron chi connectivity index (χ2n) is 6.14. The molecule has 138 valence electrons. The van der Waals surface area contributed by atoms with Crippen LogP contribution in [0.25, 0.3) is 11.3 Å². The van der Waals surface area contributed by atoms with Crippen LogP contribution in [-0.2, 0) is 16.7 Å². The zero-order valence-electron chi connectivity index (χ0n) is 14.6. The highest BCUT2D eigenvalue weighted by Crippen LogP contribution is 2.27. The van der Waals surface area contributed by atoms with Gasteiger partial charge in [-0.3, -0.25) is 14.8 Å². The van der Waals surface area contributed by atoms with Crippen LogP contribution in [-0.4, -0.2) is 32.5 Å². The lowest BCUT2D eigenvalue weighted by Crippen LogP contribution is -2.28. The fourth-order valence-electron chi connectivity index (χ4n) is 2.75. The van der Waals surface area contributed by atoms with Crippen molar-refractivity contribution >= 4 is 44.0 Å². The van der Waals surface area contributed by atoms with Crippen LogP contribution < -0.4 is 5.32 Å². The summed E-state index contributed by atoms with van der Waals surface area (Å²) in [4.78, 5) is 22.3. The van der Waals surface area contributed by atoms with Crippen LogP contribution in [0.3, 0.4) is 0 Å². The van der Waals surface area contributed by atoms with E-state index >= 15 is 0 Å². The molecule has 0 saturated heterocycles. The van der Waals surface area contributed by atoms with Gasteiger partial charge in [0, 0.05) is 40.1 Å². The molecule has 0 aliphatic carbocycles. The van der Waals surface area contributed by atoms with E-state index in [2.05, 4.69) is 36.5 Å². The first-order chi connectivity index (χ1) is 13.0. The molecular weight excluding hydrogens is 430 g/mol. The highest BCUT2D eigenvalue weighted by molar-refractivity contribution is 9.10. The van der Waals surface area contributed by atoms with Gasteiger partial charge in [-0.15, -0.1) is 11.3 Å². The number of nitrogens with one attached hydrogen (secondary N) is 1. The Morgan fingerprint density at radius 2 is 2.30 bits per heavy atom. The fourth-order valence-corrected chi connectivity index (χ4v) is 3.86. The molecule has 0 radical (unpaired) electrons. The van der Waals surface area contributed by atoms with Gasteiger partial charge in [0.05, 0.1) is 17.6 Å². The lowest BCUT2D eigenvalue weighted by molar-refractivity contribution is -0.125. The fraction of sp³-hybridized carbons (Fsp3) is 0.222. The first kappa shape index (κ1) is 17.9. The summed E-state index contributed by atoms with van der Waals surface area (Å²) in [7, 11) is 1.88. The Balaban J connectivity index is 1.41. The van der Waals surface area contributed by atoms with Crippen LogP contribution in [0.1, 0.15) is 17.7 Å². The first-order valence-electron chi connectivity index (χ1n) is 8.25. The number of rotatable bonds is 4. The van der Waals surface area contributed by atoms with Crippen molar-refractivity contribution in [3.05, 3.63) is 51.6 Å². The van der Waals surface area contributed by atoms with Crippen molar-refractivity contribution in [3.63, 3.8) is 0 Å². The maximum atomic E-state index is 12.5. The number of nitrogens with zero attached hydrogens (tertiary/aromatic N) is 4. The largest absolute Gasteiger partial charge is 0.382 e. The number of hydrogen-bond acceptors (Lipinski definition) is 6. The van der Waals surface area contributed by atoms with E-state index in [0.29, 0.717) is 11.6 Å². The molecule has 1 N–H and O–H groups in total. The van der Waals surface area contributed by atoms with Gasteiger partial charge in [0.25, 0.3) is 5.91 Å². The zero-order chi connectivity index (χ0) is 19.0. The summed E-state index contributed by atoms with van der Waals surface area (Å²) in [5.74, 6) is -0.257. The number of carbonyl (C=O) groups excluding carboxylic acids is 1. The standard InChI is InChI=1S/C18H16BrN5O2S/c1-10-13(8-20-24(10)2)15-9-27-18(21-15)22-17(25)16-7-14(23-26-16)11-4-3-5-12(19)6-11/h3-6,8-9,16H,7H2,1-2H3,(H,21,22,25). The number of oxime groups is 1. The monoisotopic (exact) mass is 445 g/mol. The third-order valence-corrected chi connectivity index (χ3v) is 5.62. The second-order valence-corrected chi connectivity index (χ2v) is 7.91. The maximum absolute atomic E-state index is 12.5. The second kappa shape index (κ2) is 7.24. The number of benzene rings is 1. The van der Waals surface area contributed by atoms with Gasteiger partial charge >= 0.3 is 0 Å². The molecule has 7 nitrogen and oxygen atoms in total. The van der Waals surface area contributed by atoms with Gasteiger partial charge in [0.15, 0.2) is 5.13 Å². The minimum Gasteiger partial charge on any atom is -0.382 e. The van der Waals surface area contributed by atoms with Crippen molar-refractivity contribution in [1.29, 1.82) is 0 Å². The summed E-state index contributed by atoms with van der Waals surface area (Å²) in [6.07, 6.45) is 1.53. The molecule has 0 saturated carbocycles. The van der Waals surface area contributed by atoms with Crippen molar-refractivity contribution in [3.8, 4) is 11.3 Å². The van der Waals surface area contributed by atoms with E-state index in [1.54, 1.807) is 10.9 Å². The van der Waals surface area contributed by atoms with Crippen LogP contribution in [0.4, 0.5) is 5.13 Å². The summed E-state index contributed by atoms with van der Waals surface area (Å²) >= 11 is 4.81. The Hall–Kier alpha value is -2.52. The van der Waals surface area contributed by atoms with Crippen molar-refractivity contribution in [2.45, 2.75) is 19.4 Å². The molecule has 1 unspecified atom stereocenters. The van der Waals surface area contributed by atoms with E-state index in [0.717, 1.165) is 32.7 Å². The van der Waals surface area contributed by atoms with E-state index in [9.17, 15) is 4.79 Å². The average molecular weight is 446 g/mol. The van der Waals surface area contributed by atoms with Gasteiger partial charge < -0.3 is 4.84 Å². The average Bonchev–Trinajstić information content (AvgIpc) is 3.37. The van der Waals surface area contributed by atoms with Gasteiger partial charge in [0.2, 0.25) is 6.10 Å². The van der Waals surface area contributed by atoms with Gasteiger partial charge in [-0.25, -0.2) is 4.98 Å². The number of hydrogen-bond donors (Lipinski definition) is 1. The lowest BCUT2D eigenvalue weighted by atomic mass is 10.1. The number of anilines is 1. The first-order valence-corrected chi connectivity index (χ1v) is 9.92. The highest BCUT2D eigenvalue weighted by Gasteiger charge is 2.29. The number of aryl methyl sites for hydroxylation is 1. The topological polar surface area (TPSA) is 81.4 Å². The highest BCUT2D eigenvalue weighted by atomic mass is 79.9. The summed E-state index contributed by atoms with van der Waals surface area (Å²) in [5, 5.41) is 13.5. The maximum Gasteiger partial charge on any atom is 0.270 e. The molecule has 3 heterocycles. The van der Waals surface area contributed by atoms with E-state index < -0.39 is 6.10 Å². The normalized spacial score (nSPS) is 16.1. The molecule has 1 amide bonds. The Kier molecular flexibility index (Phi) is 4.79. The van der Waals surface area contributed by atoms with E-state index in [-0.39, 0.29) is 5.91 Å². The van der Waals surface area contributed by atoms with Crippen molar-refractivity contribution in [2.24, 2.45) is 12.2 Å². The van der Waals surface area contributed by atoms with E-state index in [1.807, 2.05) is 43.6 Å². The van der Waals surface area contributed by atoms with Gasteiger partial charge in [-0.1, -0.05) is 33.2 Å². The lowest BCUT2D eigenvalue weighted by Gasteiger charge is -2.07. The van der Waals surface area contributed by atoms with Gasteiger partial charge in [-0.05, 0) is 19.1 Å². The molecule has 9 heteroatoms. The molecule has 1 aliphatic heterocycles. The Labute approximate surface area is 168 Å². The quantitative estimate of drug-likeness (QED) is 0.662. The Bertz CT molecular complexity index is 1040. The predicted octanol–water partition coefficient (Wildman–Crippen LogP) is 3.75. The summed E-state index contributed by atoms with van der Waals surface area (Å²) < 4.78 is 2.75. The summed E-state index contributed by atoms with van der Waals surface area (Å²) in [6, 6.07) is 7.75. The number of thiazole rings is 1. The SMILES string of the molecule is Cc1c(-c2csc(NC(=O)C3CC(c4cccc(Br)c4)=NO3)n2)cnn1C. The molecule has 1 atom stereocenters. The molecule has 27 heavy (non-hydrogen) atoms. The van der Waals surface area contributed by atoms with Crippen molar-refractivity contribution in [2.75, 3.05) is 5.32 Å². The van der Waals surface area contributed by atoms with E-state index in [1.165, 1.54) is 11.3 Å². The number of aromatic nitrogens is 3. The summed E-state index contributed by atoms with van der Waals surface area (Å²) in [6.45, 7) is 1.98. The van der Waals surface area contributed by atoms with Crippen LogP contribution in [0.2, 0.25) is 0 Å². The Morgan fingerprint density at radius 3 is 3.04 bits per heavy atom. The molecule has 1 aliphatic rings. The van der Waals surface area contributed by atoms with Gasteiger partial charge in [0.1, 0.15) is 0 Å². The molecular formula is C18H16BrN5O2S. The molecule has 4 rings (SSSR count). The van der Waals surface area contributed by atoms with Gasteiger partial charge in [-0.2, -0.15) is 5.10 Å². The predicted molar refractivity (Wildman–Crippen MR) is 108 cm³/mol. The van der Waals surface area contributed by atoms with Crippen molar-refractivity contribution < 1.29 is 9.63 Å². The molecule has 2 aromatic heterocycles. The van der Waals surface area contributed by atoms with Crippen molar-refractivity contribution in [1.82, 2.24) is 14.8 Å².